The van der Waals surface area contributed by atoms with E-state index < -0.39 is 0 Å². The normalized spacial score (nSPS) is 17.9. The molecule has 2 aromatic rings. The van der Waals surface area contributed by atoms with Gasteiger partial charge in [-0.15, -0.1) is 0 Å². The minimum atomic E-state index is -0.0307. The number of urea groups is 1. The topological polar surface area (TPSA) is 52.6 Å². The summed E-state index contributed by atoms with van der Waals surface area (Å²) in [5.41, 5.74) is 0.857. The highest BCUT2D eigenvalue weighted by Gasteiger charge is 2.28. The van der Waals surface area contributed by atoms with Gasteiger partial charge in [-0.1, -0.05) is 36.4 Å². The first-order valence-corrected chi connectivity index (χ1v) is 7.96. The van der Waals surface area contributed by atoms with Crippen molar-refractivity contribution >= 4 is 22.5 Å². The van der Waals surface area contributed by atoms with Gasteiger partial charge >= 0.3 is 6.03 Å². The van der Waals surface area contributed by atoms with Crippen LogP contribution in [0.25, 0.3) is 10.8 Å². The molecule has 1 saturated heterocycles. The minimum Gasteiger partial charge on any atom is -0.396 e. The lowest BCUT2D eigenvalue weighted by molar-refractivity contribution is 0.197. The van der Waals surface area contributed by atoms with E-state index in [9.17, 15) is 4.79 Å². The van der Waals surface area contributed by atoms with E-state index in [2.05, 4.69) is 5.32 Å². The van der Waals surface area contributed by atoms with Crippen molar-refractivity contribution in [1.82, 2.24) is 4.90 Å². The Morgan fingerprint density at radius 1 is 1.23 bits per heavy atom. The third kappa shape index (κ3) is 3.07. The number of aliphatic hydroxyl groups excluding tert-OH is 1. The zero-order chi connectivity index (χ0) is 15.4. The van der Waals surface area contributed by atoms with Gasteiger partial charge in [-0.05, 0) is 37.1 Å². The summed E-state index contributed by atoms with van der Waals surface area (Å²) in [7, 11) is 0. The van der Waals surface area contributed by atoms with Crippen LogP contribution in [0.15, 0.2) is 42.5 Å². The Morgan fingerprint density at radius 2 is 2.05 bits per heavy atom. The zero-order valence-electron chi connectivity index (χ0n) is 12.7. The largest absolute Gasteiger partial charge is 0.396 e. The van der Waals surface area contributed by atoms with Crippen molar-refractivity contribution in [2.45, 2.75) is 31.7 Å². The van der Waals surface area contributed by atoms with Gasteiger partial charge in [0.15, 0.2) is 0 Å². The number of carbonyl (C=O) groups is 1. The molecule has 2 amide bonds. The quantitative estimate of drug-likeness (QED) is 0.906. The van der Waals surface area contributed by atoms with Gasteiger partial charge in [0.2, 0.25) is 0 Å². The second-order valence-corrected chi connectivity index (χ2v) is 5.81. The maximum atomic E-state index is 12.6. The fraction of sp³-hybridized carbons (Fsp3) is 0.389. The van der Waals surface area contributed by atoms with Gasteiger partial charge in [-0.25, -0.2) is 4.79 Å². The van der Waals surface area contributed by atoms with E-state index in [1.807, 2.05) is 47.4 Å². The lowest BCUT2D eigenvalue weighted by atomic mass is 10.1. The fourth-order valence-corrected chi connectivity index (χ4v) is 3.25. The second-order valence-electron chi connectivity index (χ2n) is 5.81. The van der Waals surface area contributed by atoms with Crippen molar-refractivity contribution in [2.75, 3.05) is 18.5 Å². The average Bonchev–Trinajstić information content (AvgIpc) is 3.02. The molecule has 1 unspecified atom stereocenters. The molecule has 0 saturated carbocycles. The highest BCUT2D eigenvalue weighted by Crippen LogP contribution is 2.26. The third-order valence-electron chi connectivity index (χ3n) is 4.36. The van der Waals surface area contributed by atoms with Crippen LogP contribution in [0.2, 0.25) is 0 Å². The molecule has 1 fully saturated rings. The summed E-state index contributed by atoms with van der Waals surface area (Å²) in [6, 6.07) is 14.2. The molecule has 116 valence electrons. The molecule has 0 aromatic heterocycles. The summed E-state index contributed by atoms with van der Waals surface area (Å²) >= 11 is 0. The Morgan fingerprint density at radius 3 is 2.91 bits per heavy atom. The number of aliphatic hydroxyl groups is 1. The summed E-state index contributed by atoms with van der Waals surface area (Å²) in [5.74, 6) is 0. The smallest absolute Gasteiger partial charge is 0.322 e. The average molecular weight is 298 g/mol. The number of anilines is 1. The van der Waals surface area contributed by atoms with Crippen LogP contribution in [-0.4, -0.2) is 35.2 Å². The number of nitrogens with one attached hydrogen (secondary N) is 1. The number of hydrogen-bond donors (Lipinski definition) is 2. The molecule has 1 atom stereocenters. The molecule has 22 heavy (non-hydrogen) atoms. The Balaban J connectivity index is 1.75. The molecule has 2 N–H and O–H groups in total. The van der Waals surface area contributed by atoms with Crippen LogP contribution in [0, 0.1) is 0 Å². The summed E-state index contributed by atoms with van der Waals surface area (Å²) < 4.78 is 0. The summed E-state index contributed by atoms with van der Waals surface area (Å²) in [6.07, 6.45) is 3.70. The number of fused-ring (bicyclic) bond motifs is 1. The van der Waals surface area contributed by atoms with Crippen molar-refractivity contribution in [1.29, 1.82) is 0 Å². The van der Waals surface area contributed by atoms with E-state index >= 15 is 0 Å². The molecule has 0 bridgehead atoms. The number of hydrogen-bond acceptors (Lipinski definition) is 2. The second kappa shape index (κ2) is 6.79. The standard InChI is InChI=1S/C18H22N2O2/c21-13-5-9-15-8-4-12-20(15)18(22)19-17-11-3-7-14-6-1-2-10-16(14)17/h1-3,6-7,10-11,15,21H,4-5,8-9,12-13H2,(H,19,22). The predicted molar refractivity (Wildman–Crippen MR) is 89.0 cm³/mol. The third-order valence-corrected chi connectivity index (χ3v) is 4.36. The first-order chi connectivity index (χ1) is 10.8. The lowest BCUT2D eigenvalue weighted by Crippen LogP contribution is -2.38. The molecule has 1 heterocycles. The highest BCUT2D eigenvalue weighted by atomic mass is 16.3. The van der Waals surface area contributed by atoms with Crippen molar-refractivity contribution in [3.05, 3.63) is 42.5 Å². The Kier molecular flexibility index (Phi) is 4.59. The van der Waals surface area contributed by atoms with Crippen LogP contribution in [0.5, 0.6) is 0 Å². The minimum absolute atomic E-state index is 0.0307. The number of carbonyl (C=O) groups excluding carboxylic acids is 1. The van der Waals surface area contributed by atoms with E-state index in [-0.39, 0.29) is 18.7 Å². The van der Waals surface area contributed by atoms with Crippen molar-refractivity contribution in [3.63, 3.8) is 0 Å². The molecule has 4 heteroatoms. The van der Waals surface area contributed by atoms with Crippen molar-refractivity contribution in [2.24, 2.45) is 0 Å². The SMILES string of the molecule is O=C(Nc1cccc2ccccc12)N1CCCC1CCCO. The predicted octanol–water partition coefficient (Wildman–Crippen LogP) is 3.61. The maximum Gasteiger partial charge on any atom is 0.322 e. The van der Waals surface area contributed by atoms with Crippen molar-refractivity contribution in [3.8, 4) is 0 Å². The molecular weight excluding hydrogens is 276 g/mol. The van der Waals surface area contributed by atoms with Crippen LogP contribution in [-0.2, 0) is 0 Å². The van der Waals surface area contributed by atoms with Gasteiger partial charge in [-0.3, -0.25) is 0 Å². The van der Waals surface area contributed by atoms with Crippen LogP contribution in [0.4, 0.5) is 10.5 Å². The van der Waals surface area contributed by atoms with Crippen LogP contribution < -0.4 is 5.32 Å². The molecule has 0 spiro atoms. The van der Waals surface area contributed by atoms with E-state index in [0.717, 1.165) is 48.7 Å². The molecule has 2 aromatic carbocycles. The summed E-state index contributed by atoms with van der Waals surface area (Å²) in [4.78, 5) is 14.5. The summed E-state index contributed by atoms with van der Waals surface area (Å²) in [6.45, 7) is 0.988. The summed E-state index contributed by atoms with van der Waals surface area (Å²) in [5, 5.41) is 14.2. The molecular formula is C18H22N2O2. The Hall–Kier alpha value is -2.07. The van der Waals surface area contributed by atoms with E-state index in [1.54, 1.807) is 0 Å². The molecule has 1 aliphatic rings. The van der Waals surface area contributed by atoms with E-state index in [4.69, 9.17) is 5.11 Å². The molecule has 0 radical (unpaired) electrons. The first kappa shape index (κ1) is 14.9. The first-order valence-electron chi connectivity index (χ1n) is 7.96. The highest BCUT2D eigenvalue weighted by molar-refractivity contribution is 6.01. The monoisotopic (exact) mass is 298 g/mol. The van der Waals surface area contributed by atoms with Gasteiger partial charge in [-0.2, -0.15) is 0 Å². The van der Waals surface area contributed by atoms with Gasteiger partial charge < -0.3 is 15.3 Å². The van der Waals surface area contributed by atoms with Crippen LogP contribution in [0.1, 0.15) is 25.7 Å². The maximum absolute atomic E-state index is 12.6. The number of rotatable bonds is 4. The number of benzene rings is 2. The van der Waals surface area contributed by atoms with Gasteiger partial charge in [0, 0.05) is 24.6 Å². The van der Waals surface area contributed by atoms with E-state index in [1.165, 1.54) is 0 Å². The van der Waals surface area contributed by atoms with Gasteiger partial charge in [0.25, 0.3) is 0 Å². The Bertz CT molecular complexity index is 651. The van der Waals surface area contributed by atoms with Crippen molar-refractivity contribution < 1.29 is 9.90 Å². The van der Waals surface area contributed by atoms with E-state index in [0.29, 0.717) is 0 Å². The zero-order valence-corrected chi connectivity index (χ0v) is 12.7. The Labute approximate surface area is 130 Å². The molecule has 3 rings (SSSR count). The fourth-order valence-electron chi connectivity index (χ4n) is 3.25. The molecule has 0 aliphatic carbocycles. The van der Waals surface area contributed by atoms with Gasteiger partial charge in [0.05, 0.1) is 5.69 Å². The number of amides is 2. The number of likely N-dealkylation sites (tertiary alicyclic amines) is 1. The van der Waals surface area contributed by atoms with Crippen LogP contribution in [0.3, 0.4) is 0 Å². The number of nitrogens with zero attached hydrogens (tertiary/aromatic N) is 1. The van der Waals surface area contributed by atoms with Gasteiger partial charge in [0.1, 0.15) is 0 Å². The lowest BCUT2D eigenvalue weighted by Gasteiger charge is -2.25. The molecule has 4 nitrogen and oxygen atoms in total. The molecule has 1 aliphatic heterocycles. The van der Waals surface area contributed by atoms with Crippen LogP contribution >= 0.6 is 0 Å².